The van der Waals surface area contributed by atoms with E-state index in [0.717, 1.165) is 58.2 Å². The van der Waals surface area contributed by atoms with Crippen molar-refractivity contribution >= 4 is 5.52 Å². The molecule has 2 aliphatic carbocycles. The number of nitrogens with one attached hydrogen (secondary N) is 1. The van der Waals surface area contributed by atoms with Crippen molar-refractivity contribution in [2.45, 2.75) is 96.5 Å². The van der Waals surface area contributed by atoms with Crippen LogP contribution in [0.5, 0.6) is 0 Å². The second-order valence-corrected chi connectivity index (χ2v) is 13.1. The number of aromatic nitrogens is 2. The number of imidazole rings is 1. The highest BCUT2D eigenvalue weighted by Crippen LogP contribution is 2.48. The smallest absolute Gasteiger partial charge is 0.299 e. The van der Waals surface area contributed by atoms with Crippen LogP contribution in [0.3, 0.4) is 0 Å². The van der Waals surface area contributed by atoms with Crippen molar-refractivity contribution < 1.29 is 18.0 Å². The number of likely N-dealkylation sites (tertiary alicyclic amines) is 1. The second-order valence-electron chi connectivity index (χ2n) is 13.1. The fraction of sp³-hybridized carbons (Fsp3) is 0.767. The topological polar surface area (TPSA) is 50.9 Å². The monoisotopic (exact) mass is 548 g/mol. The molecule has 6 nitrogen and oxygen atoms in total. The van der Waals surface area contributed by atoms with E-state index in [4.69, 9.17) is 4.84 Å². The molecular weight excluding hydrogens is 505 g/mol. The van der Waals surface area contributed by atoms with Crippen LogP contribution in [-0.2, 0) is 17.6 Å². The zero-order chi connectivity index (χ0) is 27.3. The number of fused-ring (bicyclic) bond motifs is 1. The third-order valence-corrected chi connectivity index (χ3v) is 10.2. The molecule has 0 spiro atoms. The van der Waals surface area contributed by atoms with Crippen LogP contribution in [0.25, 0.3) is 5.52 Å². The summed E-state index contributed by atoms with van der Waals surface area (Å²) in [5, 5.41) is 0. The Morgan fingerprint density at radius 1 is 1.05 bits per heavy atom. The molecule has 0 bridgehead atoms. The van der Waals surface area contributed by atoms with Crippen molar-refractivity contribution in [2.75, 3.05) is 19.6 Å². The predicted molar refractivity (Wildman–Crippen MR) is 144 cm³/mol. The van der Waals surface area contributed by atoms with E-state index in [1.165, 1.54) is 35.9 Å². The Balaban J connectivity index is 1.31. The standard InChI is InChI=1S/C30H43F3N4O2/c1-19-6-5-11-35(15-19)16-21-12-25(30(31,32)33)26-18-36(29(38)37(26)17-21)24-10-4-9-23(13-24)27(22-7-3-8-22)28-20(2)14-34-39-28/h12,17-20,22-24,27-28,34H,3-11,13-16H2,1-2H3/t19-,20?,23?,24?,27-,28?/m0/s1. The first-order valence-corrected chi connectivity index (χ1v) is 15.1. The summed E-state index contributed by atoms with van der Waals surface area (Å²) in [4.78, 5) is 21.9. The summed E-state index contributed by atoms with van der Waals surface area (Å²) in [6.07, 6.45) is 8.42. The van der Waals surface area contributed by atoms with Gasteiger partial charge in [-0.3, -0.25) is 18.7 Å². The van der Waals surface area contributed by atoms with Gasteiger partial charge in [0.25, 0.3) is 0 Å². The number of hydrogen-bond donors (Lipinski definition) is 1. The van der Waals surface area contributed by atoms with Crippen molar-refractivity contribution in [3.63, 3.8) is 0 Å². The van der Waals surface area contributed by atoms with Crippen molar-refractivity contribution in [1.29, 1.82) is 0 Å². The van der Waals surface area contributed by atoms with Gasteiger partial charge < -0.3 is 0 Å². The zero-order valence-electron chi connectivity index (χ0n) is 23.3. The van der Waals surface area contributed by atoms with Gasteiger partial charge in [0, 0.05) is 38.1 Å². The van der Waals surface area contributed by atoms with E-state index in [9.17, 15) is 18.0 Å². The molecule has 0 amide bonds. The fourth-order valence-corrected chi connectivity index (χ4v) is 8.04. The van der Waals surface area contributed by atoms with E-state index < -0.39 is 11.7 Å². The van der Waals surface area contributed by atoms with Crippen LogP contribution < -0.4 is 11.2 Å². The van der Waals surface area contributed by atoms with Crippen LogP contribution in [0.4, 0.5) is 13.2 Å². The van der Waals surface area contributed by atoms with Crippen molar-refractivity contribution in [3.05, 3.63) is 40.1 Å². The van der Waals surface area contributed by atoms with Gasteiger partial charge >= 0.3 is 11.9 Å². The van der Waals surface area contributed by atoms with Crippen LogP contribution in [0.1, 0.15) is 88.8 Å². The third-order valence-electron chi connectivity index (χ3n) is 10.2. The summed E-state index contributed by atoms with van der Waals surface area (Å²) in [5.41, 5.74) is 2.57. The molecule has 216 valence electrons. The molecule has 4 unspecified atom stereocenters. The van der Waals surface area contributed by atoms with Gasteiger partial charge in [-0.2, -0.15) is 13.2 Å². The molecule has 4 heterocycles. The highest BCUT2D eigenvalue weighted by atomic mass is 19.4. The molecule has 0 aromatic carbocycles. The summed E-state index contributed by atoms with van der Waals surface area (Å²) in [6, 6.07) is 1.18. The van der Waals surface area contributed by atoms with Crippen LogP contribution in [0, 0.1) is 29.6 Å². The van der Waals surface area contributed by atoms with Crippen LogP contribution in [0.15, 0.2) is 23.3 Å². The van der Waals surface area contributed by atoms with Gasteiger partial charge in [-0.1, -0.05) is 39.5 Å². The molecule has 6 atom stereocenters. The fourth-order valence-electron chi connectivity index (χ4n) is 8.04. The van der Waals surface area contributed by atoms with Gasteiger partial charge in [0.05, 0.1) is 17.2 Å². The number of hydroxylamine groups is 1. The largest absolute Gasteiger partial charge is 0.418 e. The molecule has 1 N–H and O–H groups in total. The number of halogens is 3. The lowest BCUT2D eigenvalue weighted by atomic mass is 9.63. The third kappa shape index (κ3) is 5.43. The lowest BCUT2D eigenvalue weighted by Crippen LogP contribution is -2.42. The molecule has 2 aliphatic heterocycles. The lowest BCUT2D eigenvalue weighted by molar-refractivity contribution is -0.136. The van der Waals surface area contributed by atoms with Crippen molar-refractivity contribution in [3.8, 4) is 0 Å². The van der Waals surface area contributed by atoms with Gasteiger partial charge in [-0.05, 0) is 79.9 Å². The van der Waals surface area contributed by atoms with Crippen LogP contribution in [0.2, 0.25) is 0 Å². The Morgan fingerprint density at radius 2 is 1.82 bits per heavy atom. The molecule has 2 saturated heterocycles. The van der Waals surface area contributed by atoms with Gasteiger partial charge in [-0.25, -0.2) is 10.3 Å². The first kappa shape index (κ1) is 27.3. The molecule has 0 radical (unpaired) electrons. The SMILES string of the molecule is CC1CNOC1[C@@H](C1CCC1)C1CCCC(n2cc3c(C(F)(F)F)cc(CN4CCC[C@H](C)C4)cn3c2=O)C1. The normalized spacial score (nSPS) is 32.0. The lowest BCUT2D eigenvalue weighted by Gasteiger charge is -2.45. The maximum atomic E-state index is 14.3. The number of hydrogen-bond acceptors (Lipinski definition) is 4. The molecule has 4 aliphatic rings. The molecule has 2 saturated carbocycles. The molecule has 4 fully saturated rings. The van der Waals surface area contributed by atoms with Crippen molar-refractivity contribution in [1.82, 2.24) is 19.3 Å². The van der Waals surface area contributed by atoms with Crippen molar-refractivity contribution in [2.24, 2.45) is 29.6 Å². The Hall–Kier alpha value is -1.84. The minimum atomic E-state index is -4.53. The molecule has 6 rings (SSSR count). The predicted octanol–water partition coefficient (Wildman–Crippen LogP) is 6.04. The van der Waals surface area contributed by atoms with E-state index in [-0.39, 0.29) is 23.4 Å². The van der Waals surface area contributed by atoms with E-state index in [1.807, 2.05) is 0 Å². The molecular formula is C30H43F3N4O2. The van der Waals surface area contributed by atoms with E-state index in [1.54, 1.807) is 10.8 Å². The number of pyridine rings is 1. The van der Waals surface area contributed by atoms with Gasteiger partial charge in [-0.15, -0.1) is 0 Å². The van der Waals surface area contributed by atoms with Crippen LogP contribution in [-0.4, -0.2) is 39.6 Å². The maximum absolute atomic E-state index is 14.3. The summed E-state index contributed by atoms with van der Waals surface area (Å²) in [5.74, 6) is 2.46. The van der Waals surface area contributed by atoms with Crippen LogP contribution >= 0.6 is 0 Å². The first-order valence-electron chi connectivity index (χ1n) is 15.1. The number of alkyl halides is 3. The molecule has 2 aromatic rings. The Kier molecular flexibility index (Phi) is 7.61. The minimum Gasteiger partial charge on any atom is -0.299 e. The summed E-state index contributed by atoms with van der Waals surface area (Å²) in [6.45, 7) is 7.47. The first-order chi connectivity index (χ1) is 18.7. The Bertz CT molecular complexity index is 1220. The highest BCUT2D eigenvalue weighted by Gasteiger charge is 2.45. The summed E-state index contributed by atoms with van der Waals surface area (Å²) >= 11 is 0. The van der Waals surface area contributed by atoms with E-state index >= 15 is 0 Å². The second kappa shape index (κ2) is 10.9. The maximum Gasteiger partial charge on any atom is 0.418 e. The van der Waals surface area contributed by atoms with Gasteiger partial charge in [0.15, 0.2) is 0 Å². The summed E-state index contributed by atoms with van der Waals surface area (Å²) in [7, 11) is 0. The van der Waals surface area contributed by atoms with E-state index in [2.05, 4.69) is 24.2 Å². The Morgan fingerprint density at radius 3 is 2.49 bits per heavy atom. The zero-order valence-corrected chi connectivity index (χ0v) is 23.3. The number of nitrogens with zero attached hydrogens (tertiary/aromatic N) is 3. The molecule has 9 heteroatoms. The quantitative estimate of drug-likeness (QED) is 0.478. The average Bonchev–Trinajstić information content (AvgIpc) is 3.43. The number of piperidine rings is 1. The minimum absolute atomic E-state index is 0.0297. The van der Waals surface area contributed by atoms with Gasteiger partial charge in [0.1, 0.15) is 0 Å². The Labute approximate surface area is 228 Å². The highest BCUT2D eigenvalue weighted by molar-refractivity contribution is 5.56. The molecule has 2 aromatic heterocycles. The van der Waals surface area contributed by atoms with E-state index in [0.29, 0.717) is 41.7 Å². The van der Waals surface area contributed by atoms with Gasteiger partial charge in [0.2, 0.25) is 0 Å². The number of rotatable bonds is 6. The molecule has 39 heavy (non-hydrogen) atoms. The average molecular weight is 549 g/mol. The summed E-state index contributed by atoms with van der Waals surface area (Å²) < 4.78 is 45.7.